The van der Waals surface area contributed by atoms with Crippen molar-refractivity contribution in [2.24, 2.45) is 0 Å². The molecule has 0 bridgehead atoms. The van der Waals surface area contributed by atoms with Crippen LogP contribution < -0.4 is 5.32 Å². The Morgan fingerprint density at radius 1 is 1.62 bits per heavy atom. The fourth-order valence-electron chi connectivity index (χ4n) is 1.07. The van der Waals surface area contributed by atoms with Gasteiger partial charge >= 0.3 is 0 Å². The number of alkyl halides is 1. The van der Waals surface area contributed by atoms with Crippen molar-refractivity contribution in [3.8, 4) is 6.07 Å². The monoisotopic (exact) mass is 306 g/mol. The molecule has 1 aromatic carbocycles. The molecule has 0 saturated heterocycles. The van der Waals surface area contributed by atoms with Gasteiger partial charge in [0.2, 0.25) is 0 Å². The van der Waals surface area contributed by atoms with Crippen molar-refractivity contribution in [3.05, 3.63) is 28.0 Å². The first kappa shape index (κ1) is 13.2. The van der Waals surface area contributed by atoms with E-state index in [2.05, 4.69) is 21.2 Å². The van der Waals surface area contributed by atoms with E-state index >= 15 is 0 Å². The van der Waals surface area contributed by atoms with Crippen LogP contribution in [0.25, 0.3) is 0 Å². The van der Waals surface area contributed by atoms with Gasteiger partial charge in [0.25, 0.3) is 0 Å². The lowest BCUT2D eigenvalue weighted by molar-refractivity contribution is 0.211. The van der Waals surface area contributed by atoms with Gasteiger partial charge in [-0.15, -0.1) is 11.6 Å². The Kier molecular flexibility index (Phi) is 5.00. The van der Waals surface area contributed by atoms with Crippen LogP contribution in [0.15, 0.2) is 16.6 Å². The number of halogens is 3. The molecule has 0 saturated carbocycles. The van der Waals surface area contributed by atoms with Gasteiger partial charge in [0.15, 0.2) is 0 Å². The maximum absolute atomic E-state index is 13.2. The number of aliphatic hydroxyl groups excluding tert-OH is 1. The van der Waals surface area contributed by atoms with Crippen LogP contribution in [-0.4, -0.2) is 23.6 Å². The van der Waals surface area contributed by atoms with Crippen LogP contribution in [0, 0.1) is 17.1 Å². The molecule has 0 aliphatic heterocycles. The Labute approximate surface area is 106 Å². The molecule has 0 aliphatic carbocycles. The van der Waals surface area contributed by atoms with E-state index in [9.17, 15) is 9.50 Å². The number of anilines is 1. The number of nitrogens with zero attached hydrogens (tertiary/aromatic N) is 1. The molecular formula is C10H9BrClFN2O. The molecule has 2 N–H and O–H groups in total. The summed E-state index contributed by atoms with van der Waals surface area (Å²) in [5.74, 6) is -0.393. The standard InChI is InChI=1S/C10H9BrClFN2O/c11-8-1-6(4-14)10(2-9(8)13)15-5-7(16)3-12/h1-2,7,15-16H,3,5H2. The largest absolute Gasteiger partial charge is 0.390 e. The Morgan fingerprint density at radius 2 is 2.31 bits per heavy atom. The zero-order valence-corrected chi connectivity index (χ0v) is 10.5. The Bertz CT molecular complexity index is 422. The summed E-state index contributed by atoms with van der Waals surface area (Å²) in [5.41, 5.74) is 0.641. The van der Waals surface area contributed by atoms with E-state index in [0.29, 0.717) is 11.3 Å². The van der Waals surface area contributed by atoms with E-state index in [0.717, 1.165) is 0 Å². The van der Waals surface area contributed by atoms with Crippen molar-refractivity contribution < 1.29 is 9.50 Å². The fourth-order valence-corrected chi connectivity index (χ4v) is 1.52. The lowest BCUT2D eigenvalue weighted by Gasteiger charge is -2.11. The van der Waals surface area contributed by atoms with Crippen LogP contribution in [0.5, 0.6) is 0 Å². The van der Waals surface area contributed by atoms with Gasteiger partial charge in [0.05, 0.1) is 27.7 Å². The predicted octanol–water partition coefficient (Wildman–Crippen LogP) is 2.47. The minimum absolute atomic E-state index is 0.0773. The third kappa shape index (κ3) is 3.34. The highest BCUT2D eigenvalue weighted by Crippen LogP contribution is 2.24. The summed E-state index contributed by atoms with van der Waals surface area (Å²) < 4.78 is 13.4. The number of nitrogens with one attached hydrogen (secondary N) is 1. The van der Waals surface area contributed by atoms with E-state index in [1.807, 2.05) is 6.07 Å². The maximum atomic E-state index is 13.2. The number of aliphatic hydroxyl groups is 1. The second kappa shape index (κ2) is 6.04. The Balaban J connectivity index is 2.87. The lowest BCUT2D eigenvalue weighted by Crippen LogP contribution is -2.21. The van der Waals surface area contributed by atoms with Gasteiger partial charge in [-0.1, -0.05) is 0 Å². The van der Waals surface area contributed by atoms with Gasteiger partial charge < -0.3 is 10.4 Å². The van der Waals surface area contributed by atoms with Gasteiger partial charge in [-0.2, -0.15) is 5.26 Å². The first-order valence-corrected chi connectivity index (χ1v) is 5.78. The highest BCUT2D eigenvalue weighted by atomic mass is 79.9. The second-order valence-electron chi connectivity index (χ2n) is 3.11. The molecule has 6 heteroatoms. The van der Waals surface area contributed by atoms with Gasteiger partial charge in [0, 0.05) is 6.54 Å². The van der Waals surface area contributed by atoms with E-state index < -0.39 is 11.9 Å². The highest BCUT2D eigenvalue weighted by Gasteiger charge is 2.09. The van der Waals surface area contributed by atoms with E-state index in [1.165, 1.54) is 12.1 Å². The molecule has 1 atom stereocenters. The number of hydrogen-bond acceptors (Lipinski definition) is 3. The third-order valence-corrected chi connectivity index (χ3v) is 2.85. The molecule has 86 valence electrons. The molecular weight excluding hydrogens is 298 g/mol. The van der Waals surface area contributed by atoms with E-state index in [4.69, 9.17) is 16.9 Å². The summed E-state index contributed by atoms with van der Waals surface area (Å²) in [7, 11) is 0. The summed E-state index contributed by atoms with van der Waals surface area (Å²) in [6, 6.07) is 4.51. The van der Waals surface area contributed by atoms with Crippen LogP contribution in [-0.2, 0) is 0 Å². The lowest BCUT2D eigenvalue weighted by atomic mass is 10.2. The van der Waals surface area contributed by atoms with Crippen LogP contribution in [0.3, 0.4) is 0 Å². The van der Waals surface area contributed by atoms with Crippen molar-refractivity contribution in [2.75, 3.05) is 17.7 Å². The smallest absolute Gasteiger partial charge is 0.139 e. The van der Waals surface area contributed by atoms with Crippen molar-refractivity contribution >= 4 is 33.2 Å². The van der Waals surface area contributed by atoms with Crippen LogP contribution >= 0.6 is 27.5 Å². The Hall–Kier alpha value is -0.830. The molecule has 0 spiro atoms. The van der Waals surface area contributed by atoms with Gasteiger partial charge in [-0.3, -0.25) is 0 Å². The van der Waals surface area contributed by atoms with Gasteiger partial charge in [-0.05, 0) is 28.1 Å². The molecule has 1 aromatic rings. The van der Waals surface area contributed by atoms with Crippen molar-refractivity contribution in [1.82, 2.24) is 0 Å². The molecule has 0 amide bonds. The maximum Gasteiger partial charge on any atom is 0.139 e. The molecule has 1 rings (SSSR count). The molecule has 1 unspecified atom stereocenters. The van der Waals surface area contributed by atoms with E-state index in [-0.39, 0.29) is 16.9 Å². The first-order chi connectivity index (χ1) is 7.58. The first-order valence-electron chi connectivity index (χ1n) is 4.45. The van der Waals surface area contributed by atoms with Crippen LogP contribution in [0.4, 0.5) is 10.1 Å². The minimum atomic E-state index is -0.736. The molecule has 0 aromatic heterocycles. The SMILES string of the molecule is N#Cc1cc(Br)c(F)cc1NCC(O)CCl. The third-order valence-electron chi connectivity index (χ3n) is 1.89. The molecule has 0 aliphatic rings. The summed E-state index contributed by atoms with van der Waals surface area (Å²) in [6.45, 7) is 0.166. The zero-order chi connectivity index (χ0) is 12.1. The number of nitriles is 1. The average molecular weight is 308 g/mol. The van der Waals surface area contributed by atoms with Crippen LogP contribution in [0.1, 0.15) is 5.56 Å². The molecule has 0 heterocycles. The van der Waals surface area contributed by atoms with Crippen molar-refractivity contribution in [3.63, 3.8) is 0 Å². The zero-order valence-electron chi connectivity index (χ0n) is 8.17. The number of benzene rings is 1. The van der Waals surface area contributed by atoms with Crippen molar-refractivity contribution in [1.29, 1.82) is 5.26 Å². The fraction of sp³-hybridized carbons (Fsp3) is 0.300. The second-order valence-corrected chi connectivity index (χ2v) is 4.28. The Morgan fingerprint density at radius 3 is 2.88 bits per heavy atom. The minimum Gasteiger partial charge on any atom is -0.390 e. The number of rotatable bonds is 4. The van der Waals surface area contributed by atoms with Crippen LogP contribution in [0.2, 0.25) is 0 Å². The summed E-state index contributed by atoms with van der Waals surface area (Å²) in [5, 5.41) is 20.8. The summed E-state index contributed by atoms with van der Waals surface area (Å²) in [6.07, 6.45) is -0.736. The molecule has 3 nitrogen and oxygen atoms in total. The average Bonchev–Trinajstić information content (AvgIpc) is 2.29. The quantitative estimate of drug-likeness (QED) is 0.840. The van der Waals surface area contributed by atoms with Crippen molar-refractivity contribution in [2.45, 2.75) is 6.10 Å². The van der Waals surface area contributed by atoms with E-state index in [1.54, 1.807) is 0 Å². The summed E-state index contributed by atoms with van der Waals surface area (Å²) in [4.78, 5) is 0. The predicted molar refractivity (Wildman–Crippen MR) is 64.0 cm³/mol. The van der Waals surface area contributed by atoms with Gasteiger partial charge in [-0.25, -0.2) is 4.39 Å². The molecule has 0 radical (unpaired) electrons. The highest BCUT2D eigenvalue weighted by molar-refractivity contribution is 9.10. The number of hydrogen-bond donors (Lipinski definition) is 2. The van der Waals surface area contributed by atoms with Gasteiger partial charge in [0.1, 0.15) is 11.9 Å². The topological polar surface area (TPSA) is 56.0 Å². The normalized spacial score (nSPS) is 11.9. The molecule has 16 heavy (non-hydrogen) atoms. The summed E-state index contributed by atoms with van der Waals surface area (Å²) >= 11 is 8.40. The molecule has 0 fully saturated rings.